The highest BCUT2D eigenvalue weighted by Gasteiger charge is 2.18. The van der Waals surface area contributed by atoms with Crippen molar-refractivity contribution in [2.45, 2.75) is 6.92 Å². The molecule has 66 valence electrons. The van der Waals surface area contributed by atoms with Crippen molar-refractivity contribution in [3.8, 4) is 0 Å². The summed E-state index contributed by atoms with van der Waals surface area (Å²) in [5.41, 5.74) is 0.680. The molecule has 1 aliphatic rings. The molecule has 1 atom stereocenters. The minimum atomic E-state index is -2.36. The normalized spacial score (nSPS) is 21.6. The average molecular weight is 206 g/mol. The molecule has 0 saturated heterocycles. The molecule has 0 bridgehead atoms. The van der Waals surface area contributed by atoms with Gasteiger partial charge in [0.15, 0.2) is 0 Å². The molecule has 12 heavy (non-hydrogen) atoms. The summed E-state index contributed by atoms with van der Waals surface area (Å²) in [6, 6.07) is 0. The molecule has 1 aliphatic heterocycles. The van der Waals surface area contributed by atoms with Crippen LogP contribution in [0.1, 0.15) is 6.92 Å². The molecule has 0 radical (unpaired) electrons. The van der Waals surface area contributed by atoms with Crippen LogP contribution < -0.4 is 0 Å². The quantitative estimate of drug-likeness (QED) is 0.669. The summed E-state index contributed by atoms with van der Waals surface area (Å²) in [6.45, 7) is 1.67. The lowest BCUT2D eigenvalue weighted by Gasteiger charge is -1.91. The molecule has 0 saturated carbocycles. The van der Waals surface area contributed by atoms with Gasteiger partial charge in [0, 0.05) is 0 Å². The van der Waals surface area contributed by atoms with E-state index in [9.17, 15) is 13.2 Å². The minimum absolute atomic E-state index is 0.0548. The highest BCUT2D eigenvalue weighted by Crippen LogP contribution is 2.18. The predicted molar refractivity (Wildman–Crippen MR) is 45.8 cm³/mol. The third-order valence-corrected chi connectivity index (χ3v) is 4.54. The molecule has 1 heterocycles. The standard InChI is InChI=1S/C6H6O4S2/c1-4-2-5(6(7)8)11(3-4)12(9)10/h2-3H,1H3,(H,7,8). The van der Waals surface area contributed by atoms with Gasteiger partial charge in [-0.2, -0.15) is 8.42 Å². The van der Waals surface area contributed by atoms with Crippen molar-refractivity contribution in [3.05, 3.63) is 22.0 Å². The Bertz CT molecular complexity index is 416. The van der Waals surface area contributed by atoms with Gasteiger partial charge in [0.1, 0.15) is 4.91 Å². The summed E-state index contributed by atoms with van der Waals surface area (Å²) in [5, 5.41) is 10.0. The zero-order valence-electron chi connectivity index (χ0n) is 6.14. The summed E-state index contributed by atoms with van der Waals surface area (Å²) >= 11 is 0. The number of carboxylic acids is 1. The smallest absolute Gasteiger partial charge is 0.342 e. The maximum absolute atomic E-state index is 10.5. The Morgan fingerprint density at radius 2 is 2.17 bits per heavy atom. The number of hydrogen-bond acceptors (Lipinski definition) is 3. The fourth-order valence-corrected chi connectivity index (χ4v) is 3.51. The summed E-state index contributed by atoms with van der Waals surface area (Å²) in [4.78, 5) is 10.4. The van der Waals surface area contributed by atoms with Crippen molar-refractivity contribution in [2.75, 3.05) is 0 Å². The Hall–Kier alpha value is -0.880. The van der Waals surface area contributed by atoms with E-state index in [1.54, 1.807) is 6.92 Å². The van der Waals surface area contributed by atoms with Gasteiger partial charge in [-0.1, -0.05) is 0 Å². The third kappa shape index (κ3) is 1.64. The summed E-state index contributed by atoms with van der Waals surface area (Å²) in [7, 11) is -3.62. The molecule has 1 rings (SSSR count). The van der Waals surface area contributed by atoms with E-state index >= 15 is 0 Å². The van der Waals surface area contributed by atoms with Gasteiger partial charge in [0.25, 0.3) is 0 Å². The van der Waals surface area contributed by atoms with Crippen LogP contribution >= 0.6 is 0 Å². The molecule has 0 fully saturated rings. The molecule has 0 spiro atoms. The number of aliphatic carboxylic acids is 1. The van der Waals surface area contributed by atoms with Gasteiger partial charge in [-0.05, 0) is 33.4 Å². The van der Waals surface area contributed by atoms with Crippen LogP contribution in [0.25, 0.3) is 0 Å². The van der Waals surface area contributed by atoms with Crippen molar-refractivity contribution >= 4 is 24.7 Å². The highest BCUT2D eigenvalue weighted by atomic mass is 32.9. The molecule has 1 unspecified atom stereocenters. The topological polar surface area (TPSA) is 71.4 Å². The van der Waals surface area contributed by atoms with Gasteiger partial charge < -0.3 is 5.11 Å². The number of carboxylic acid groups (broad SMARTS) is 1. The van der Waals surface area contributed by atoms with Crippen LogP contribution in [0.3, 0.4) is 0 Å². The van der Waals surface area contributed by atoms with Crippen molar-refractivity contribution in [1.29, 1.82) is 0 Å². The summed E-state index contributed by atoms with van der Waals surface area (Å²) in [6.07, 6.45) is 1.38. The maximum Gasteiger partial charge on any atom is 0.342 e. The van der Waals surface area contributed by atoms with Gasteiger partial charge in [-0.15, -0.1) is 0 Å². The first-order valence-electron chi connectivity index (χ1n) is 2.98. The third-order valence-electron chi connectivity index (χ3n) is 1.23. The SMILES string of the molecule is CC1=CS(=S(=O)=O)C(C(=O)O)=C1. The van der Waals surface area contributed by atoms with Crippen LogP contribution in [0.15, 0.2) is 22.0 Å². The predicted octanol–water partition coefficient (Wildman–Crippen LogP) is 0.285. The second kappa shape index (κ2) is 3.24. The van der Waals surface area contributed by atoms with Gasteiger partial charge in [0.05, 0.1) is 0 Å². The van der Waals surface area contributed by atoms with Crippen molar-refractivity contribution in [1.82, 2.24) is 0 Å². The van der Waals surface area contributed by atoms with E-state index in [1.165, 1.54) is 11.5 Å². The first-order valence-corrected chi connectivity index (χ1v) is 5.86. The fraction of sp³-hybridized carbons (Fsp3) is 0.167. The molecule has 0 aromatic carbocycles. The fourth-order valence-electron chi connectivity index (χ4n) is 0.792. The summed E-state index contributed by atoms with van der Waals surface area (Å²) < 4.78 is 21.1. The first-order chi connectivity index (χ1) is 5.52. The van der Waals surface area contributed by atoms with Crippen LogP contribution in [-0.4, -0.2) is 19.5 Å². The van der Waals surface area contributed by atoms with Gasteiger partial charge >= 0.3 is 5.97 Å². The lowest BCUT2D eigenvalue weighted by Crippen LogP contribution is -2.02. The monoisotopic (exact) mass is 206 g/mol. The molecular weight excluding hydrogens is 200 g/mol. The zero-order valence-corrected chi connectivity index (χ0v) is 7.78. The van der Waals surface area contributed by atoms with E-state index in [0.717, 1.165) is 0 Å². The molecule has 6 heteroatoms. The van der Waals surface area contributed by atoms with Gasteiger partial charge in [-0.3, -0.25) is 0 Å². The Kier molecular flexibility index (Phi) is 2.49. The van der Waals surface area contributed by atoms with Crippen LogP contribution in [-0.2, 0) is 23.5 Å². The van der Waals surface area contributed by atoms with E-state index in [0.29, 0.717) is 5.57 Å². The second-order valence-electron chi connectivity index (χ2n) is 2.18. The Labute approximate surface area is 72.3 Å². The summed E-state index contributed by atoms with van der Waals surface area (Å²) in [5.74, 6) is -1.17. The van der Waals surface area contributed by atoms with E-state index in [-0.39, 0.29) is 4.91 Å². The second-order valence-corrected chi connectivity index (χ2v) is 5.75. The van der Waals surface area contributed by atoms with Crippen molar-refractivity contribution < 1.29 is 18.3 Å². The molecular formula is C6H6O4S2. The number of allylic oxidation sites excluding steroid dienone is 2. The van der Waals surface area contributed by atoms with E-state index < -0.39 is 24.7 Å². The average Bonchev–Trinajstić information content (AvgIpc) is 2.31. The van der Waals surface area contributed by atoms with Crippen molar-refractivity contribution in [2.24, 2.45) is 0 Å². The molecule has 0 amide bonds. The number of rotatable bonds is 1. The van der Waals surface area contributed by atoms with Gasteiger partial charge in [-0.25, -0.2) is 4.79 Å². The molecule has 1 N–H and O–H groups in total. The first kappa shape index (κ1) is 9.21. The number of hydrogen-bond donors (Lipinski definition) is 1. The van der Waals surface area contributed by atoms with E-state index in [2.05, 4.69) is 0 Å². The van der Waals surface area contributed by atoms with Crippen LogP contribution in [0.5, 0.6) is 0 Å². The lowest BCUT2D eigenvalue weighted by molar-refractivity contribution is -0.131. The van der Waals surface area contributed by atoms with Crippen LogP contribution in [0.2, 0.25) is 0 Å². The van der Waals surface area contributed by atoms with Crippen LogP contribution in [0, 0.1) is 0 Å². The Morgan fingerprint density at radius 3 is 2.50 bits per heavy atom. The zero-order chi connectivity index (χ0) is 9.30. The van der Waals surface area contributed by atoms with E-state index in [1.807, 2.05) is 0 Å². The largest absolute Gasteiger partial charge is 0.477 e. The molecule has 0 aromatic rings. The minimum Gasteiger partial charge on any atom is -0.477 e. The van der Waals surface area contributed by atoms with E-state index in [4.69, 9.17) is 5.11 Å². The van der Waals surface area contributed by atoms with Crippen LogP contribution in [0.4, 0.5) is 0 Å². The molecule has 0 aliphatic carbocycles. The van der Waals surface area contributed by atoms with Gasteiger partial charge in [0.2, 0.25) is 9.26 Å². The Balaban J connectivity index is 3.35. The Morgan fingerprint density at radius 1 is 1.58 bits per heavy atom. The van der Waals surface area contributed by atoms with Crippen molar-refractivity contribution in [3.63, 3.8) is 0 Å². The molecule has 0 aromatic heterocycles. The lowest BCUT2D eigenvalue weighted by atomic mass is 10.3. The number of carbonyl (C=O) groups is 1. The highest BCUT2D eigenvalue weighted by molar-refractivity contribution is 8.37. The molecule has 4 nitrogen and oxygen atoms in total. The maximum atomic E-state index is 10.5.